The summed E-state index contributed by atoms with van der Waals surface area (Å²) in [6.45, 7) is 6.20. The van der Waals surface area contributed by atoms with Gasteiger partial charge in [-0.1, -0.05) is 12.1 Å². The lowest BCUT2D eigenvalue weighted by Crippen LogP contribution is -2.03. The molecule has 4 heteroatoms. The molecule has 3 nitrogen and oxygen atoms in total. The van der Waals surface area contributed by atoms with Crippen LogP contribution in [0.25, 0.3) is 0 Å². The van der Waals surface area contributed by atoms with Crippen LogP contribution in [0.5, 0.6) is 0 Å². The fourth-order valence-electron chi connectivity index (χ4n) is 1.12. The molecule has 0 aromatic carbocycles. The Morgan fingerprint density at radius 3 is 2.71 bits per heavy atom. The molecule has 0 fully saturated rings. The second kappa shape index (κ2) is 5.41. The zero-order valence-electron chi connectivity index (χ0n) is 8.91. The summed E-state index contributed by atoms with van der Waals surface area (Å²) in [5.74, 6) is 3.17. The molecule has 0 spiro atoms. The number of nitrogens with zero attached hydrogens (tertiary/aromatic N) is 1. The van der Waals surface area contributed by atoms with E-state index in [4.69, 9.17) is 9.63 Å². The lowest BCUT2D eigenvalue weighted by molar-refractivity contribution is 0.250. The van der Waals surface area contributed by atoms with Crippen molar-refractivity contribution in [3.63, 3.8) is 0 Å². The molecular weight excluding hydrogens is 198 g/mol. The molecule has 1 rings (SSSR count). The van der Waals surface area contributed by atoms with Gasteiger partial charge in [-0.05, 0) is 25.5 Å². The van der Waals surface area contributed by atoms with E-state index in [2.05, 4.69) is 5.16 Å². The fraction of sp³-hybridized carbons (Fsp3) is 0.700. The normalized spacial score (nSPS) is 13.1. The van der Waals surface area contributed by atoms with Crippen LogP contribution in [0.15, 0.2) is 4.52 Å². The summed E-state index contributed by atoms with van der Waals surface area (Å²) in [5, 5.41) is 12.8. The number of aliphatic hydroxyl groups excluding tert-OH is 1. The Balaban J connectivity index is 2.38. The highest BCUT2D eigenvalue weighted by atomic mass is 32.2. The first kappa shape index (κ1) is 11.6. The first-order valence-corrected chi connectivity index (χ1v) is 5.91. The van der Waals surface area contributed by atoms with Crippen LogP contribution in [0.4, 0.5) is 0 Å². The van der Waals surface area contributed by atoms with E-state index >= 15 is 0 Å². The molecular formula is C10H17NO2S. The van der Waals surface area contributed by atoms with Crippen molar-refractivity contribution in [2.45, 2.75) is 26.5 Å². The van der Waals surface area contributed by atoms with Crippen molar-refractivity contribution < 1.29 is 9.63 Å². The van der Waals surface area contributed by atoms with E-state index in [1.54, 1.807) is 0 Å². The molecule has 0 saturated heterocycles. The van der Waals surface area contributed by atoms with Gasteiger partial charge in [0.15, 0.2) is 0 Å². The maximum atomic E-state index is 8.86. The van der Waals surface area contributed by atoms with Gasteiger partial charge in [-0.25, -0.2) is 0 Å². The van der Waals surface area contributed by atoms with Gasteiger partial charge in [-0.15, -0.1) is 0 Å². The molecule has 1 atom stereocenters. The van der Waals surface area contributed by atoms with E-state index in [0.29, 0.717) is 5.92 Å². The van der Waals surface area contributed by atoms with Crippen LogP contribution in [0.1, 0.15) is 23.9 Å². The number of rotatable bonds is 5. The standard InChI is InChI=1S/C10H17NO2S/c1-7(4-12)5-14-6-10-8(2)11-13-9(10)3/h7,12H,4-6H2,1-3H3/t7-/m0/s1. The first-order valence-electron chi connectivity index (χ1n) is 4.75. The maximum Gasteiger partial charge on any atom is 0.137 e. The average Bonchev–Trinajstić information content (AvgIpc) is 2.48. The van der Waals surface area contributed by atoms with Gasteiger partial charge in [-0.2, -0.15) is 11.8 Å². The van der Waals surface area contributed by atoms with Crippen molar-refractivity contribution in [3.05, 3.63) is 17.0 Å². The van der Waals surface area contributed by atoms with Crippen molar-refractivity contribution in [1.29, 1.82) is 0 Å². The molecule has 1 N–H and O–H groups in total. The molecule has 0 bridgehead atoms. The van der Waals surface area contributed by atoms with Crippen molar-refractivity contribution >= 4 is 11.8 Å². The Labute approximate surface area is 88.9 Å². The lowest BCUT2D eigenvalue weighted by Gasteiger charge is -2.06. The highest BCUT2D eigenvalue weighted by molar-refractivity contribution is 7.98. The Kier molecular flexibility index (Phi) is 4.48. The number of aromatic nitrogens is 1. The van der Waals surface area contributed by atoms with Gasteiger partial charge >= 0.3 is 0 Å². The van der Waals surface area contributed by atoms with Crippen molar-refractivity contribution in [2.24, 2.45) is 5.92 Å². The number of hydrogen-bond donors (Lipinski definition) is 1. The van der Waals surface area contributed by atoms with Crippen LogP contribution < -0.4 is 0 Å². The number of aryl methyl sites for hydroxylation is 2. The molecule has 0 amide bonds. The van der Waals surface area contributed by atoms with Crippen LogP contribution in [0, 0.1) is 19.8 Å². The summed E-state index contributed by atoms with van der Waals surface area (Å²) in [7, 11) is 0. The summed E-state index contributed by atoms with van der Waals surface area (Å²) in [6.07, 6.45) is 0. The first-order chi connectivity index (χ1) is 6.65. The van der Waals surface area contributed by atoms with Gasteiger partial charge in [0.05, 0.1) is 5.69 Å². The zero-order valence-corrected chi connectivity index (χ0v) is 9.73. The van der Waals surface area contributed by atoms with E-state index in [1.165, 1.54) is 5.56 Å². The summed E-state index contributed by atoms with van der Waals surface area (Å²) < 4.78 is 5.07. The predicted molar refractivity (Wildman–Crippen MR) is 58.4 cm³/mol. The molecule has 80 valence electrons. The van der Waals surface area contributed by atoms with Crippen LogP contribution in [0.2, 0.25) is 0 Å². The summed E-state index contributed by atoms with van der Waals surface area (Å²) in [6, 6.07) is 0. The van der Waals surface area contributed by atoms with E-state index in [1.807, 2.05) is 32.5 Å². The van der Waals surface area contributed by atoms with Crippen LogP contribution in [-0.4, -0.2) is 22.6 Å². The predicted octanol–water partition coefficient (Wildman–Crippen LogP) is 2.15. The molecule has 14 heavy (non-hydrogen) atoms. The van der Waals surface area contributed by atoms with Crippen molar-refractivity contribution in [2.75, 3.05) is 12.4 Å². The number of hydrogen-bond acceptors (Lipinski definition) is 4. The molecule has 0 aliphatic heterocycles. The molecule has 0 unspecified atom stereocenters. The van der Waals surface area contributed by atoms with E-state index < -0.39 is 0 Å². The highest BCUT2D eigenvalue weighted by Crippen LogP contribution is 2.20. The van der Waals surface area contributed by atoms with Gasteiger partial charge in [-0.3, -0.25) is 0 Å². The van der Waals surface area contributed by atoms with Gasteiger partial charge in [0, 0.05) is 17.9 Å². The molecule has 1 aromatic heterocycles. The minimum absolute atomic E-state index is 0.259. The van der Waals surface area contributed by atoms with Crippen LogP contribution in [0.3, 0.4) is 0 Å². The molecule has 1 aromatic rings. The average molecular weight is 215 g/mol. The van der Waals surface area contributed by atoms with E-state index in [0.717, 1.165) is 23.0 Å². The Hall–Kier alpha value is -0.480. The smallest absolute Gasteiger partial charge is 0.137 e. The summed E-state index contributed by atoms with van der Waals surface area (Å²) in [4.78, 5) is 0. The van der Waals surface area contributed by atoms with Crippen LogP contribution in [-0.2, 0) is 5.75 Å². The van der Waals surface area contributed by atoms with Crippen molar-refractivity contribution in [3.8, 4) is 0 Å². The summed E-state index contributed by atoms with van der Waals surface area (Å²) >= 11 is 1.81. The van der Waals surface area contributed by atoms with E-state index in [-0.39, 0.29) is 6.61 Å². The Morgan fingerprint density at radius 1 is 1.50 bits per heavy atom. The minimum atomic E-state index is 0.259. The SMILES string of the molecule is Cc1noc(C)c1CSC[C@@H](C)CO. The molecule has 0 aliphatic carbocycles. The maximum absolute atomic E-state index is 8.86. The van der Waals surface area contributed by atoms with Gasteiger partial charge in [0.1, 0.15) is 5.76 Å². The van der Waals surface area contributed by atoms with Gasteiger partial charge < -0.3 is 9.63 Å². The molecule has 0 saturated carbocycles. The number of thioether (sulfide) groups is 1. The fourth-order valence-corrected chi connectivity index (χ4v) is 2.36. The van der Waals surface area contributed by atoms with Gasteiger partial charge in [0.25, 0.3) is 0 Å². The third kappa shape index (κ3) is 3.03. The van der Waals surface area contributed by atoms with Gasteiger partial charge in [0.2, 0.25) is 0 Å². The Morgan fingerprint density at radius 2 is 2.21 bits per heavy atom. The highest BCUT2D eigenvalue weighted by Gasteiger charge is 2.09. The Bertz CT molecular complexity index is 266. The third-order valence-electron chi connectivity index (χ3n) is 2.14. The van der Waals surface area contributed by atoms with Crippen LogP contribution >= 0.6 is 11.8 Å². The molecule has 0 radical (unpaired) electrons. The largest absolute Gasteiger partial charge is 0.396 e. The minimum Gasteiger partial charge on any atom is -0.396 e. The zero-order chi connectivity index (χ0) is 10.6. The lowest BCUT2D eigenvalue weighted by atomic mass is 10.2. The molecule has 1 heterocycles. The summed E-state index contributed by atoms with van der Waals surface area (Å²) in [5.41, 5.74) is 2.17. The molecule has 0 aliphatic rings. The monoisotopic (exact) mass is 215 g/mol. The second-order valence-corrected chi connectivity index (χ2v) is 4.64. The topological polar surface area (TPSA) is 46.3 Å². The quantitative estimate of drug-likeness (QED) is 0.817. The van der Waals surface area contributed by atoms with Crippen molar-refractivity contribution in [1.82, 2.24) is 5.16 Å². The second-order valence-electron chi connectivity index (χ2n) is 3.61. The third-order valence-corrected chi connectivity index (χ3v) is 3.44. The number of aliphatic hydroxyl groups is 1. The van der Waals surface area contributed by atoms with E-state index in [9.17, 15) is 0 Å².